The number of benzene rings is 1. The number of carbonyl (C=O) groups excluding carboxylic acids is 1. The highest BCUT2D eigenvalue weighted by Crippen LogP contribution is 2.22. The Bertz CT molecular complexity index is 408. The molecule has 0 saturated carbocycles. The first-order chi connectivity index (χ1) is 8.16. The number of amides is 2. The molecule has 0 bridgehead atoms. The van der Waals surface area contributed by atoms with Crippen molar-refractivity contribution in [3.8, 4) is 0 Å². The number of hydrogen-bond donors (Lipinski definition) is 1. The van der Waals surface area contributed by atoms with E-state index in [0.29, 0.717) is 16.6 Å². The van der Waals surface area contributed by atoms with Gasteiger partial charge in [-0.15, -0.1) is 0 Å². The molecule has 1 aromatic carbocycles. The number of rotatable bonds is 1. The fourth-order valence-electron chi connectivity index (χ4n) is 2.13. The van der Waals surface area contributed by atoms with E-state index >= 15 is 0 Å². The average molecular weight is 253 g/mol. The summed E-state index contributed by atoms with van der Waals surface area (Å²) in [6.45, 7) is 3.84. The van der Waals surface area contributed by atoms with E-state index in [2.05, 4.69) is 12.2 Å². The lowest BCUT2D eigenvalue weighted by atomic mass is 10.0. The molecule has 2 amide bonds. The van der Waals surface area contributed by atoms with Gasteiger partial charge in [-0.1, -0.05) is 30.7 Å². The lowest BCUT2D eigenvalue weighted by Gasteiger charge is -2.31. The van der Waals surface area contributed by atoms with Gasteiger partial charge in [0.2, 0.25) is 0 Å². The fourth-order valence-corrected chi connectivity index (χ4v) is 2.31. The number of halogens is 1. The SMILES string of the molecule is C[C@H]1CCCN(C(=O)Nc2ccccc2Cl)C1. The van der Waals surface area contributed by atoms with Crippen LogP contribution < -0.4 is 5.32 Å². The standard InChI is InChI=1S/C13H17ClN2O/c1-10-5-4-8-16(9-10)13(17)15-12-7-3-2-6-11(12)14/h2-3,6-7,10H,4-5,8-9H2,1H3,(H,15,17)/t10-/m0/s1. The maximum absolute atomic E-state index is 12.0. The topological polar surface area (TPSA) is 32.3 Å². The molecular formula is C13H17ClN2O. The molecule has 3 nitrogen and oxygen atoms in total. The number of anilines is 1. The summed E-state index contributed by atoms with van der Waals surface area (Å²) in [7, 11) is 0. The Hall–Kier alpha value is -1.22. The lowest BCUT2D eigenvalue weighted by molar-refractivity contribution is 0.182. The minimum absolute atomic E-state index is 0.0512. The Balaban J connectivity index is 1.99. The molecule has 0 aliphatic carbocycles. The van der Waals surface area contributed by atoms with Crippen LogP contribution in [0.4, 0.5) is 10.5 Å². The highest BCUT2D eigenvalue weighted by Gasteiger charge is 2.21. The summed E-state index contributed by atoms with van der Waals surface area (Å²) in [5, 5.41) is 3.43. The number of hydrogen-bond acceptors (Lipinski definition) is 1. The molecule has 2 rings (SSSR count). The molecule has 0 unspecified atom stereocenters. The second-order valence-electron chi connectivity index (χ2n) is 4.60. The normalized spacial score (nSPS) is 20.1. The Kier molecular flexibility index (Phi) is 3.89. The zero-order chi connectivity index (χ0) is 12.3. The van der Waals surface area contributed by atoms with Crippen LogP contribution in [0.15, 0.2) is 24.3 Å². The van der Waals surface area contributed by atoms with Crippen molar-refractivity contribution in [2.45, 2.75) is 19.8 Å². The molecule has 1 aliphatic heterocycles. The number of nitrogens with one attached hydrogen (secondary N) is 1. The Morgan fingerprint density at radius 3 is 2.94 bits per heavy atom. The van der Waals surface area contributed by atoms with Crippen molar-refractivity contribution in [2.24, 2.45) is 5.92 Å². The van der Waals surface area contributed by atoms with Gasteiger partial charge in [-0.05, 0) is 30.9 Å². The van der Waals surface area contributed by atoms with Crippen LogP contribution >= 0.6 is 11.6 Å². The van der Waals surface area contributed by atoms with Crippen molar-refractivity contribution in [3.63, 3.8) is 0 Å². The van der Waals surface area contributed by atoms with Gasteiger partial charge >= 0.3 is 6.03 Å². The first-order valence-corrected chi connectivity index (χ1v) is 6.35. The van der Waals surface area contributed by atoms with Gasteiger partial charge in [0.05, 0.1) is 10.7 Å². The molecule has 1 saturated heterocycles. The molecule has 4 heteroatoms. The van der Waals surface area contributed by atoms with Crippen LogP contribution in [0, 0.1) is 5.92 Å². The zero-order valence-corrected chi connectivity index (χ0v) is 10.7. The number of nitrogens with zero attached hydrogens (tertiary/aromatic N) is 1. The summed E-state index contributed by atoms with van der Waals surface area (Å²) in [6.07, 6.45) is 2.28. The maximum atomic E-state index is 12.0. The number of likely N-dealkylation sites (tertiary alicyclic amines) is 1. The van der Waals surface area contributed by atoms with Gasteiger partial charge in [-0.2, -0.15) is 0 Å². The molecule has 1 N–H and O–H groups in total. The summed E-state index contributed by atoms with van der Waals surface area (Å²) in [6, 6.07) is 7.25. The van der Waals surface area contributed by atoms with Crippen LogP contribution in [-0.2, 0) is 0 Å². The fraction of sp³-hybridized carbons (Fsp3) is 0.462. The number of piperidine rings is 1. The first-order valence-electron chi connectivity index (χ1n) is 5.97. The third-order valence-electron chi connectivity index (χ3n) is 3.06. The Morgan fingerprint density at radius 2 is 2.24 bits per heavy atom. The van der Waals surface area contributed by atoms with Crippen molar-refractivity contribution >= 4 is 23.3 Å². The second kappa shape index (κ2) is 5.41. The van der Waals surface area contributed by atoms with Gasteiger partial charge in [0, 0.05) is 13.1 Å². The number of para-hydroxylation sites is 1. The van der Waals surface area contributed by atoms with E-state index in [1.165, 1.54) is 6.42 Å². The van der Waals surface area contributed by atoms with Crippen LogP contribution in [0.25, 0.3) is 0 Å². The van der Waals surface area contributed by atoms with Crippen LogP contribution in [-0.4, -0.2) is 24.0 Å². The summed E-state index contributed by atoms with van der Waals surface area (Å²) in [5.41, 5.74) is 0.678. The predicted octanol–water partition coefficient (Wildman–Crippen LogP) is 3.60. The molecule has 1 fully saturated rings. The van der Waals surface area contributed by atoms with Crippen molar-refractivity contribution in [1.29, 1.82) is 0 Å². The summed E-state index contributed by atoms with van der Waals surface area (Å²) in [5.74, 6) is 0.584. The highest BCUT2D eigenvalue weighted by atomic mass is 35.5. The van der Waals surface area contributed by atoms with E-state index in [0.717, 1.165) is 19.5 Å². The first kappa shape index (κ1) is 12.2. The molecule has 0 radical (unpaired) electrons. The van der Waals surface area contributed by atoms with Crippen molar-refractivity contribution in [3.05, 3.63) is 29.3 Å². The third kappa shape index (κ3) is 3.13. The largest absolute Gasteiger partial charge is 0.324 e. The molecule has 1 aliphatic rings. The van der Waals surface area contributed by atoms with Crippen molar-refractivity contribution < 1.29 is 4.79 Å². The van der Waals surface area contributed by atoms with Gasteiger partial charge in [0.15, 0.2) is 0 Å². The summed E-state index contributed by atoms with van der Waals surface area (Å²) in [4.78, 5) is 13.9. The van der Waals surface area contributed by atoms with E-state index in [4.69, 9.17) is 11.6 Å². The average Bonchev–Trinajstić information content (AvgIpc) is 2.32. The van der Waals surface area contributed by atoms with E-state index in [1.807, 2.05) is 23.1 Å². The second-order valence-corrected chi connectivity index (χ2v) is 5.01. The van der Waals surface area contributed by atoms with Gasteiger partial charge in [0.25, 0.3) is 0 Å². The highest BCUT2D eigenvalue weighted by molar-refractivity contribution is 6.33. The van der Waals surface area contributed by atoms with E-state index in [1.54, 1.807) is 6.07 Å². The molecule has 1 aromatic rings. The number of carbonyl (C=O) groups is 1. The monoisotopic (exact) mass is 252 g/mol. The van der Waals surface area contributed by atoms with Crippen LogP contribution in [0.5, 0.6) is 0 Å². The zero-order valence-electron chi connectivity index (χ0n) is 9.95. The van der Waals surface area contributed by atoms with Gasteiger partial charge in [-0.3, -0.25) is 0 Å². The molecule has 0 spiro atoms. The van der Waals surface area contributed by atoms with Crippen molar-refractivity contribution in [2.75, 3.05) is 18.4 Å². The molecule has 92 valence electrons. The molecule has 1 atom stereocenters. The molecular weight excluding hydrogens is 236 g/mol. The third-order valence-corrected chi connectivity index (χ3v) is 3.39. The molecule has 1 heterocycles. The minimum atomic E-state index is -0.0512. The Morgan fingerprint density at radius 1 is 1.47 bits per heavy atom. The summed E-state index contributed by atoms with van der Waals surface area (Å²) >= 11 is 6.00. The van der Waals surface area contributed by atoms with Crippen LogP contribution in [0.2, 0.25) is 5.02 Å². The summed E-state index contributed by atoms with van der Waals surface area (Å²) < 4.78 is 0. The van der Waals surface area contributed by atoms with E-state index < -0.39 is 0 Å². The Labute approximate surface area is 107 Å². The number of urea groups is 1. The van der Waals surface area contributed by atoms with Gasteiger partial charge < -0.3 is 10.2 Å². The molecule has 0 aromatic heterocycles. The smallest absolute Gasteiger partial charge is 0.321 e. The molecule has 17 heavy (non-hydrogen) atoms. The van der Waals surface area contributed by atoms with E-state index in [9.17, 15) is 4.79 Å². The maximum Gasteiger partial charge on any atom is 0.321 e. The van der Waals surface area contributed by atoms with Gasteiger partial charge in [0.1, 0.15) is 0 Å². The lowest BCUT2D eigenvalue weighted by Crippen LogP contribution is -2.41. The minimum Gasteiger partial charge on any atom is -0.324 e. The van der Waals surface area contributed by atoms with E-state index in [-0.39, 0.29) is 6.03 Å². The van der Waals surface area contributed by atoms with Gasteiger partial charge in [-0.25, -0.2) is 4.79 Å². The van der Waals surface area contributed by atoms with Crippen molar-refractivity contribution in [1.82, 2.24) is 4.90 Å². The van der Waals surface area contributed by atoms with Crippen LogP contribution in [0.3, 0.4) is 0 Å². The predicted molar refractivity (Wildman–Crippen MR) is 70.4 cm³/mol. The quantitative estimate of drug-likeness (QED) is 0.814. The van der Waals surface area contributed by atoms with Crippen LogP contribution in [0.1, 0.15) is 19.8 Å².